The smallest absolute Gasteiger partial charge is 0.326 e. The standard InChI is InChI=1S/C12H15F3N2O2S/c13-12(14,15)9-2-1-3-10(6-9)20(18,19)17-7-11(16)8-4-5-8/h1-3,6,8,11,17H,4-5,7,16H2. The number of benzene rings is 1. The van der Waals surface area contributed by atoms with Gasteiger partial charge < -0.3 is 5.73 Å². The molecule has 2 rings (SSSR count). The summed E-state index contributed by atoms with van der Waals surface area (Å²) in [6.07, 6.45) is -2.64. The molecule has 1 aliphatic carbocycles. The number of hydrogen-bond donors (Lipinski definition) is 2. The number of alkyl halides is 3. The average Bonchev–Trinajstić information content (AvgIpc) is 3.19. The number of nitrogens with two attached hydrogens (primary N) is 1. The summed E-state index contributed by atoms with van der Waals surface area (Å²) in [6.45, 7) is 0.0310. The third-order valence-electron chi connectivity index (χ3n) is 3.21. The van der Waals surface area contributed by atoms with Crippen LogP contribution in [0.1, 0.15) is 18.4 Å². The SMILES string of the molecule is NC(CNS(=O)(=O)c1cccc(C(F)(F)F)c1)C1CC1. The summed E-state index contributed by atoms with van der Waals surface area (Å²) in [5.74, 6) is 0.305. The minimum absolute atomic E-state index is 0.0310. The van der Waals surface area contributed by atoms with E-state index in [-0.39, 0.29) is 12.6 Å². The van der Waals surface area contributed by atoms with E-state index in [4.69, 9.17) is 5.73 Å². The van der Waals surface area contributed by atoms with Crippen molar-refractivity contribution in [2.24, 2.45) is 11.7 Å². The van der Waals surface area contributed by atoms with Crippen LogP contribution < -0.4 is 10.5 Å². The van der Waals surface area contributed by atoms with Crippen molar-refractivity contribution in [1.29, 1.82) is 0 Å². The maximum absolute atomic E-state index is 12.5. The molecule has 0 spiro atoms. The lowest BCUT2D eigenvalue weighted by Crippen LogP contribution is -2.38. The molecule has 1 atom stereocenters. The molecule has 0 amide bonds. The minimum atomic E-state index is -4.57. The molecule has 0 heterocycles. The molecule has 0 bridgehead atoms. The minimum Gasteiger partial charge on any atom is -0.326 e. The molecule has 8 heteroatoms. The van der Waals surface area contributed by atoms with Gasteiger partial charge in [0, 0.05) is 12.6 Å². The Bertz CT molecular complexity index is 583. The second-order valence-electron chi connectivity index (χ2n) is 4.88. The van der Waals surface area contributed by atoms with Crippen molar-refractivity contribution >= 4 is 10.0 Å². The second-order valence-corrected chi connectivity index (χ2v) is 6.65. The molecule has 112 valence electrons. The summed E-state index contributed by atoms with van der Waals surface area (Å²) in [5.41, 5.74) is 4.76. The van der Waals surface area contributed by atoms with E-state index >= 15 is 0 Å². The monoisotopic (exact) mass is 308 g/mol. The lowest BCUT2D eigenvalue weighted by atomic mass is 10.2. The summed E-state index contributed by atoms with van der Waals surface area (Å²) in [4.78, 5) is -0.407. The van der Waals surface area contributed by atoms with Gasteiger partial charge in [0.2, 0.25) is 10.0 Å². The second kappa shape index (κ2) is 5.34. The van der Waals surface area contributed by atoms with Crippen LogP contribution in [0.4, 0.5) is 13.2 Å². The molecule has 4 nitrogen and oxygen atoms in total. The fraction of sp³-hybridized carbons (Fsp3) is 0.500. The Hall–Kier alpha value is -1.12. The molecule has 1 fully saturated rings. The van der Waals surface area contributed by atoms with Crippen LogP contribution >= 0.6 is 0 Å². The van der Waals surface area contributed by atoms with Crippen LogP contribution in [0.15, 0.2) is 29.2 Å². The molecule has 0 aromatic heterocycles. The van der Waals surface area contributed by atoms with Gasteiger partial charge in [-0.2, -0.15) is 13.2 Å². The molecule has 1 aromatic carbocycles. The van der Waals surface area contributed by atoms with Crippen molar-refractivity contribution in [1.82, 2.24) is 4.72 Å². The van der Waals surface area contributed by atoms with Crippen molar-refractivity contribution in [3.8, 4) is 0 Å². The molecular formula is C12H15F3N2O2S. The molecule has 1 aromatic rings. The molecule has 1 saturated carbocycles. The van der Waals surface area contributed by atoms with Gasteiger partial charge in [-0.15, -0.1) is 0 Å². The van der Waals surface area contributed by atoms with Crippen LogP contribution in [0.25, 0.3) is 0 Å². The van der Waals surface area contributed by atoms with Gasteiger partial charge in [-0.1, -0.05) is 6.07 Å². The number of halogens is 3. The molecule has 0 saturated heterocycles. The highest BCUT2D eigenvalue weighted by atomic mass is 32.2. The van der Waals surface area contributed by atoms with E-state index in [0.29, 0.717) is 12.0 Å². The van der Waals surface area contributed by atoms with E-state index in [9.17, 15) is 21.6 Å². The lowest BCUT2D eigenvalue weighted by molar-refractivity contribution is -0.137. The number of rotatable bonds is 5. The highest BCUT2D eigenvalue weighted by molar-refractivity contribution is 7.89. The van der Waals surface area contributed by atoms with E-state index in [1.807, 2.05) is 0 Å². The lowest BCUT2D eigenvalue weighted by Gasteiger charge is -2.13. The fourth-order valence-electron chi connectivity index (χ4n) is 1.82. The summed E-state index contributed by atoms with van der Waals surface area (Å²) in [7, 11) is -3.97. The predicted octanol–water partition coefficient (Wildman–Crippen LogP) is 1.72. The Labute approximate surface area is 115 Å². The van der Waals surface area contributed by atoms with Gasteiger partial charge in [0.15, 0.2) is 0 Å². The highest BCUT2D eigenvalue weighted by Crippen LogP contribution is 2.32. The van der Waals surface area contributed by atoms with Crippen LogP contribution in [0, 0.1) is 5.92 Å². The quantitative estimate of drug-likeness (QED) is 0.870. The van der Waals surface area contributed by atoms with Crippen molar-refractivity contribution in [3.63, 3.8) is 0 Å². The first-order valence-electron chi connectivity index (χ1n) is 6.12. The first kappa shape index (κ1) is 15.3. The van der Waals surface area contributed by atoms with E-state index in [1.165, 1.54) is 0 Å². The third kappa shape index (κ3) is 3.71. The molecule has 1 aliphatic rings. The first-order chi connectivity index (χ1) is 9.20. The van der Waals surface area contributed by atoms with Gasteiger partial charge in [0.05, 0.1) is 10.5 Å². The molecule has 0 aliphatic heterocycles. The third-order valence-corrected chi connectivity index (χ3v) is 4.63. The zero-order valence-corrected chi connectivity index (χ0v) is 11.3. The molecule has 1 unspecified atom stereocenters. The van der Waals surface area contributed by atoms with Crippen LogP contribution in [-0.2, 0) is 16.2 Å². The predicted molar refractivity (Wildman–Crippen MR) is 67.3 cm³/mol. The maximum atomic E-state index is 12.5. The van der Waals surface area contributed by atoms with Gasteiger partial charge in [-0.05, 0) is 37.0 Å². The molecule has 3 N–H and O–H groups in total. The van der Waals surface area contributed by atoms with Crippen LogP contribution in [0.5, 0.6) is 0 Å². The van der Waals surface area contributed by atoms with Crippen LogP contribution in [-0.4, -0.2) is 21.0 Å². The van der Waals surface area contributed by atoms with Crippen molar-refractivity contribution in [2.45, 2.75) is 30.0 Å². The van der Waals surface area contributed by atoms with Crippen molar-refractivity contribution in [2.75, 3.05) is 6.54 Å². The van der Waals surface area contributed by atoms with Gasteiger partial charge in [-0.25, -0.2) is 13.1 Å². The van der Waals surface area contributed by atoms with Gasteiger partial charge >= 0.3 is 6.18 Å². The Kier molecular flexibility index (Phi) is 4.08. The first-order valence-corrected chi connectivity index (χ1v) is 7.61. The highest BCUT2D eigenvalue weighted by Gasteiger charge is 2.32. The van der Waals surface area contributed by atoms with E-state index in [0.717, 1.165) is 31.0 Å². The fourth-order valence-corrected chi connectivity index (χ4v) is 2.94. The number of hydrogen-bond acceptors (Lipinski definition) is 3. The van der Waals surface area contributed by atoms with Gasteiger partial charge in [0.1, 0.15) is 0 Å². The molecule has 20 heavy (non-hydrogen) atoms. The van der Waals surface area contributed by atoms with E-state index in [1.54, 1.807) is 0 Å². The summed E-state index contributed by atoms with van der Waals surface area (Å²) in [5, 5.41) is 0. The van der Waals surface area contributed by atoms with Crippen molar-refractivity contribution in [3.05, 3.63) is 29.8 Å². The molecular weight excluding hydrogens is 293 g/mol. The Balaban J connectivity index is 2.12. The van der Waals surface area contributed by atoms with E-state index < -0.39 is 26.7 Å². The maximum Gasteiger partial charge on any atom is 0.416 e. The normalized spacial score (nSPS) is 18.0. The van der Waals surface area contributed by atoms with E-state index in [2.05, 4.69) is 4.72 Å². The Morgan fingerprint density at radius 1 is 1.35 bits per heavy atom. The van der Waals surface area contributed by atoms with Crippen LogP contribution in [0.3, 0.4) is 0 Å². The number of sulfonamides is 1. The Morgan fingerprint density at radius 3 is 2.55 bits per heavy atom. The van der Waals surface area contributed by atoms with Crippen LogP contribution in [0.2, 0.25) is 0 Å². The van der Waals surface area contributed by atoms with Crippen molar-refractivity contribution < 1.29 is 21.6 Å². The van der Waals surface area contributed by atoms with Gasteiger partial charge in [0.25, 0.3) is 0 Å². The zero-order valence-electron chi connectivity index (χ0n) is 10.5. The van der Waals surface area contributed by atoms with Gasteiger partial charge in [-0.3, -0.25) is 0 Å². The molecule has 0 radical (unpaired) electrons. The zero-order chi connectivity index (χ0) is 15.0. The topological polar surface area (TPSA) is 72.2 Å². The summed E-state index contributed by atoms with van der Waals surface area (Å²) in [6, 6.07) is 3.34. The largest absolute Gasteiger partial charge is 0.416 e. The average molecular weight is 308 g/mol. The summed E-state index contributed by atoms with van der Waals surface area (Å²) >= 11 is 0. The summed E-state index contributed by atoms with van der Waals surface area (Å²) < 4.78 is 63.8. The Morgan fingerprint density at radius 2 is 2.00 bits per heavy atom. The number of nitrogens with one attached hydrogen (secondary N) is 1.